The molecule has 0 aliphatic heterocycles. The normalized spacial score (nSPS) is 14.0. The van der Waals surface area contributed by atoms with Gasteiger partial charge in [-0.15, -0.1) is 0 Å². The van der Waals surface area contributed by atoms with Gasteiger partial charge in [-0.25, -0.2) is 4.57 Å². The summed E-state index contributed by atoms with van der Waals surface area (Å²) in [5.41, 5.74) is 5.36. The summed E-state index contributed by atoms with van der Waals surface area (Å²) in [7, 11) is -4.28. The molecule has 51 heavy (non-hydrogen) atoms. The minimum atomic E-state index is -4.28. The fourth-order valence-corrected chi connectivity index (χ4v) is 6.17. The predicted octanol–water partition coefficient (Wildman–Crippen LogP) is 12.0. The zero-order valence-corrected chi connectivity index (χ0v) is 33.7. The van der Waals surface area contributed by atoms with Crippen molar-refractivity contribution in [1.82, 2.24) is 0 Å². The van der Waals surface area contributed by atoms with E-state index in [1.165, 1.54) is 89.9 Å². The van der Waals surface area contributed by atoms with Crippen LogP contribution in [0.5, 0.6) is 0 Å². The van der Waals surface area contributed by atoms with Gasteiger partial charge in [0.1, 0.15) is 6.10 Å². The van der Waals surface area contributed by atoms with Crippen LogP contribution in [-0.4, -0.2) is 49.9 Å². The van der Waals surface area contributed by atoms with Gasteiger partial charge in [0.25, 0.3) is 0 Å². The van der Waals surface area contributed by atoms with Gasteiger partial charge >= 0.3 is 13.8 Å². The Labute approximate surface area is 313 Å². The van der Waals surface area contributed by atoms with Crippen molar-refractivity contribution in [3.63, 3.8) is 0 Å². The van der Waals surface area contributed by atoms with Gasteiger partial charge in [0.2, 0.25) is 0 Å². The van der Waals surface area contributed by atoms with E-state index in [0.717, 1.165) is 64.2 Å². The monoisotopic (exact) mass is 740 g/mol. The first-order valence-electron chi connectivity index (χ1n) is 20.6. The maximum absolute atomic E-state index is 12.5. The summed E-state index contributed by atoms with van der Waals surface area (Å²) < 4.78 is 33.3. The van der Waals surface area contributed by atoms with E-state index in [-0.39, 0.29) is 32.3 Å². The number of ether oxygens (including phenoxy) is 2. The Bertz CT molecular complexity index is 921. The first kappa shape index (κ1) is 49.5. The van der Waals surface area contributed by atoms with Crippen LogP contribution < -0.4 is 5.73 Å². The maximum Gasteiger partial charge on any atom is 0.472 e. The van der Waals surface area contributed by atoms with E-state index in [9.17, 15) is 14.3 Å². The van der Waals surface area contributed by atoms with Crippen LogP contribution in [0.15, 0.2) is 48.6 Å². The molecule has 0 aromatic rings. The van der Waals surface area contributed by atoms with E-state index in [4.69, 9.17) is 24.3 Å². The average Bonchev–Trinajstić information content (AvgIpc) is 3.12. The number of unbranched alkanes of at least 4 members (excludes halogenated alkanes) is 18. The third kappa shape index (κ3) is 39.5. The summed E-state index contributed by atoms with van der Waals surface area (Å²) >= 11 is 0. The zero-order chi connectivity index (χ0) is 37.4. The van der Waals surface area contributed by atoms with E-state index in [2.05, 4.69) is 62.5 Å². The minimum absolute atomic E-state index is 0.0957. The van der Waals surface area contributed by atoms with Crippen molar-refractivity contribution in [1.29, 1.82) is 0 Å². The van der Waals surface area contributed by atoms with Crippen molar-refractivity contribution in [2.24, 2.45) is 5.73 Å². The molecule has 0 aliphatic rings. The number of hydrogen-bond donors (Lipinski definition) is 2. The number of rotatable bonds is 39. The highest BCUT2D eigenvalue weighted by Crippen LogP contribution is 2.43. The minimum Gasteiger partial charge on any atom is -0.457 e. The number of phosphoric ester groups is 1. The molecule has 3 N–H and O–H groups in total. The molecule has 2 unspecified atom stereocenters. The van der Waals surface area contributed by atoms with Gasteiger partial charge in [-0.05, 0) is 77.0 Å². The number of nitrogens with two attached hydrogens (primary N) is 1. The Morgan fingerprint density at radius 1 is 0.588 bits per heavy atom. The summed E-state index contributed by atoms with van der Waals surface area (Å²) in [5, 5.41) is 0. The average molecular weight is 740 g/mol. The van der Waals surface area contributed by atoms with Gasteiger partial charge in [0.15, 0.2) is 0 Å². The summed E-state index contributed by atoms with van der Waals surface area (Å²) in [6.07, 6.45) is 45.5. The lowest BCUT2D eigenvalue weighted by atomic mass is 10.1. The van der Waals surface area contributed by atoms with Gasteiger partial charge in [-0.1, -0.05) is 140 Å². The highest BCUT2D eigenvalue weighted by molar-refractivity contribution is 7.47. The van der Waals surface area contributed by atoms with Crippen molar-refractivity contribution < 1.29 is 32.8 Å². The molecule has 0 aliphatic carbocycles. The van der Waals surface area contributed by atoms with Gasteiger partial charge in [0, 0.05) is 19.6 Å². The molecule has 0 aromatic carbocycles. The zero-order valence-electron chi connectivity index (χ0n) is 32.8. The SMILES string of the molecule is CCCCC/C=C\C/C=C\C/C=C\CCCCCCCCCOCC(COP(=O)(O)OCCN)OC(=O)CCCCCCC/C=C\CCCCC. The number of phosphoric acid groups is 1. The highest BCUT2D eigenvalue weighted by atomic mass is 31.2. The molecule has 0 saturated carbocycles. The van der Waals surface area contributed by atoms with Crippen LogP contribution in [0.2, 0.25) is 0 Å². The standard InChI is InChI=1S/C42H78NO7P/c1-3-5-7-9-11-13-15-17-18-19-20-21-22-23-24-26-28-30-32-34-37-47-39-41(40-49-51(45,46)48-38-36-43)50-42(44)35-33-31-29-27-25-16-14-12-10-8-6-4-2/h11-14,17-18,20-21,41H,3-10,15-16,19,22-40,43H2,1-2H3,(H,45,46)/b13-11-,14-12-,18-17-,21-20-. The number of hydrogen-bond acceptors (Lipinski definition) is 7. The molecule has 0 heterocycles. The summed E-state index contributed by atoms with van der Waals surface area (Å²) in [5.74, 6) is -0.346. The number of esters is 1. The van der Waals surface area contributed by atoms with Crippen LogP contribution in [0.25, 0.3) is 0 Å². The summed E-state index contributed by atoms with van der Waals surface area (Å²) in [6, 6.07) is 0. The number of carbonyl (C=O) groups excluding carboxylic acids is 1. The molecule has 0 rings (SSSR count). The molecule has 0 spiro atoms. The predicted molar refractivity (Wildman–Crippen MR) is 215 cm³/mol. The smallest absolute Gasteiger partial charge is 0.457 e. The van der Waals surface area contributed by atoms with Gasteiger partial charge < -0.3 is 20.1 Å². The van der Waals surface area contributed by atoms with Crippen molar-refractivity contribution in [3.05, 3.63) is 48.6 Å². The van der Waals surface area contributed by atoms with Crippen molar-refractivity contribution in [2.75, 3.05) is 33.0 Å². The number of carbonyl (C=O) groups is 1. The van der Waals surface area contributed by atoms with Gasteiger partial charge in [-0.3, -0.25) is 13.8 Å². The van der Waals surface area contributed by atoms with Crippen LogP contribution in [0.1, 0.15) is 174 Å². The molecule has 8 nitrogen and oxygen atoms in total. The van der Waals surface area contributed by atoms with E-state index >= 15 is 0 Å². The second-order valence-electron chi connectivity index (χ2n) is 13.5. The second kappa shape index (κ2) is 39.7. The maximum atomic E-state index is 12.5. The van der Waals surface area contributed by atoms with E-state index in [1.807, 2.05) is 0 Å². The molecular weight excluding hydrogens is 661 g/mol. The first-order valence-corrected chi connectivity index (χ1v) is 22.1. The molecule has 9 heteroatoms. The molecular formula is C42H78NO7P. The van der Waals surface area contributed by atoms with Crippen LogP contribution in [0.3, 0.4) is 0 Å². The van der Waals surface area contributed by atoms with Crippen LogP contribution in [-0.2, 0) is 27.9 Å². The summed E-state index contributed by atoms with van der Waals surface area (Å²) in [6.45, 7) is 4.83. The van der Waals surface area contributed by atoms with Gasteiger partial charge in [-0.2, -0.15) is 0 Å². The van der Waals surface area contributed by atoms with Crippen molar-refractivity contribution in [3.8, 4) is 0 Å². The largest absolute Gasteiger partial charge is 0.472 e. The Kier molecular flexibility index (Phi) is 38.5. The van der Waals surface area contributed by atoms with Crippen LogP contribution in [0, 0.1) is 0 Å². The second-order valence-corrected chi connectivity index (χ2v) is 14.9. The lowest BCUT2D eigenvalue weighted by Crippen LogP contribution is -2.28. The lowest BCUT2D eigenvalue weighted by Gasteiger charge is -2.20. The Hall–Kier alpha value is -1.54. The Balaban J connectivity index is 4.06. The van der Waals surface area contributed by atoms with E-state index < -0.39 is 13.9 Å². The highest BCUT2D eigenvalue weighted by Gasteiger charge is 2.25. The fourth-order valence-electron chi connectivity index (χ4n) is 5.41. The third-order valence-electron chi connectivity index (χ3n) is 8.47. The van der Waals surface area contributed by atoms with Crippen LogP contribution >= 0.6 is 7.82 Å². The van der Waals surface area contributed by atoms with E-state index in [1.54, 1.807) is 0 Å². The molecule has 0 bridgehead atoms. The van der Waals surface area contributed by atoms with Crippen LogP contribution in [0.4, 0.5) is 0 Å². The molecule has 0 aromatic heterocycles. The molecule has 2 atom stereocenters. The molecule has 0 saturated heterocycles. The molecule has 298 valence electrons. The molecule has 0 amide bonds. The quantitative estimate of drug-likeness (QED) is 0.0277. The molecule has 0 radical (unpaired) electrons. The van der Waals surface area contributed by atoms with Crippen molar-refractivity contribution >= 4 is 13.8 Å². The first-order chi connectivity index (χ1) is 24.9. The van der Waals surface area contributed by atoms with E-state index in [0.29, 0.717) is 13.0 Å². The van der Waals surface area contributed by atoms with Crippen molar-refractivity contribution in [2.45, 2.75) is 180 Å². The fraction of sp³-hybridized carbons (Fsp3) is 0.786. The molecule has 0 fully saturated rings. The summed E-state index contributed by atoms with van der Waals surface area (Å²) in [4.78, 5) is 22.4. The Morgan fingerprint density at radius 3 is 1.57 bits per heavy atom. The Morgan fingerprint density at radius 2 is 1.04 bits per heavy atom. The number of allylic oxidation sites excluding steroid dienone is 8. The van der Waals surface area contributed by atoms with Gasteiger partial charge in [0.05, 0.1) is 19.8 Å². The lowest BCUT2D eigenvalue weighted by molar-refractivity contribution is -0.154. The topological polar surface area (TPSA) is 117 Å². The third-order valence-corrected chi connectivity index (χ3v) is 9.45.